The smallest absolute Gasteiger partial charge is 0.383 e. The van der Waals surface area contributed by atoms with Crippen molar-refractivity contribution in [2.75, 3.05) is 5.73 Å². The molecule has 0 unspecified atom stereocenters. The predicted molar refractivity (Wildman–Crippen MR) is 122 cm³/mol. The second kappa shape index (κ2) is 7.45. The van der Waals surface area contributed by atoms with Crippen LogP contribution in [0.25, 0.3) is 39.0 Å². The monoisotopic (exact) mass is 464 g/mol. The Morgan fingerprint density at radius 3 is 2.35 bits per heavy atom. The predicted octanol–water partition coefficient (Wildman–Crippen LogP) is 4.22. The first kappa shape index (κ1) is 21.7. The van der Waals surface area contributed by atoms with E-state index in [0.29, 0.717) is 27.8 Å². The summed E-state index contributed by atoms with van der Waals surface area (Å²) in [5, 5.41) is 0. The first-order chi connectivity index (χ1) is 16.0. The molecule has 5 aromatic heterocycles. The third-order valence-corrected chi connectivity index (χ3v) is 5.43. The minimum Gasteiger partial charge on any atom is -0.383 e. The number of alkyl halides is 3. The third kappa shape index (κ3) is 3.69. The fourth-order valence-corrected chi connectivity index (χ4v) is 3.66. The molecule has 0 atom stereocenters. The number of fused-ring (bicyclic) bond motifs is 3. The summed E-state index contributed by atoms with van der Waals surface area (Å²) >= 11 is 0. The lowest BCUT2D eigenvalue weighted by molar-refractivity contribution is -0.137. The number of imidazole rings is 1. The Hall–Kier alpha value is -4.12. The first-order valence-electron chi connectivity index (χ1n) is 10.2. The van der Waals surface area contributed by atoms with Gasteiger partial charge in [0.05, 0.1) is 46.1 Å². The van der Waals surface area contributed by atoms with Crippen LogP contribution in [0.3, 0.4) is 0 Å². The molecular weight excluding hydrogens is 445 g/mol. The van der Waals surface area contributed by atoms with Crippen LogP contribution in [0, 0.1) is 0 Å². The summed E-state index contributed by atoms with van der Waals surface area (Å²) in [7, 11) is 0. The van der Waals surface area contributed by atoms with E-state index in [1.807, 2.05) is 26.0 Å². The lowest BCUT2D eigenvalue weighted by atomic mass is 10.0. The molecule has 0 saturated heterocycles. The Labute approximate surface area is 191 Å². The van der Waals surface area contributed by atoms with E-state index < -0.39 is 23.1 Å². The van der Waals surface area contributed by atoms with E-state index in [2.05, 4.69) is 24.9 Å². The van der Waals surface area contributed by atoms with Crippen molar-refractivity contribution in [3.05, 3.63) is 66.5 Å². The molecule has 5 heterocycles. The van der Waals surface area contributed by atoms with E-state index in [1.165, 1.54) is 6.20 Å². The van der Waals surface area contributed by atoms with Crippen LogP contribution in [0.2, 0.25) is 0 Å². The lowest BCUT2D eigenvalue weighted by Crippen LogP contribution is -2.29. The fourth-order valence-electron chi connectivity index (χ4n) is 3.66. The van der Waals surface area contributed by atoms with Gasteiger partial charge in [0.1, 0.15) is 28.7 Å². The molecule has 0 fully saturated rings. The van der Waals surface area contributed by atoms with Gasteiger partial charge in [-0.25, -0.2) is 15.0 Å². The van der Waals surface area contributed by atoms with Gasteiger partial charge >= 0.3 is 6.18 Å². The summed E-state index contributed by atoms with van der Waals surface area (Å²) in [6, 6.07) is 7.93. The summed E-state index contributed by atoms with van der Waals surface area (Å²) in [6.07, 6.45) is 1.56. The van der Waals surface area contributed by atoms with Crippen LogP contribution >= 0.6 is 0 Å². The van der Waals surface area contributed by atoms with Gasteiger partial charge in [-0.3, -0.25) is 14.5 Å². The quantitative estimate of drug-likeness (QED) is 0.410. The van der Waals surface area contributed by atoms with E-state index in [-0.39, 0.29) is 5.56 Å². The highest BCUT2D eigenvalue weighted by atomic mass is 19.4. The summed E-state index contributed by atoms with van der Waals surface area (Å²) < 4.78 is 41.8. The Kier molecular flexibility index (Phi) is 4.76. The van der Waals surface area contributed by atoms with Crippen molar-refractivity contribution in [1.82, 2.24) is 29.5 Å². The van der Waals surface area contributed by atoms with Gasteiger partial charge in [-0.2, -0.15) is 13.2 Å². The molecule has 0 radical (unpaired) electrons. The molecule has 0 aromatic carbocycles. The molecule has 0 aliphatic rings. The first-order valence-corrected chi connectivity index (χ1v) is 10.2. The second-order valence-corrected chi connectivity index (χ2v) is 8.45. The maximum Gasteiger partial charge on any atom is 0.419 e. The third-order valence-electron chi connectivity index (χ3n) is 5.43. The highest BCUT2D eigenvalue weighted by Gasteiger charge is 2.34. The topological polar surface area (TPSA) is 121 Å². The zero-order chi connectivity index (χ0) is 24.3. The molecule has 11 heteroatoms. The number of halogens is 3. The number of hydrogen-bond donors (Lipinski definition) is 2. The number of rotatable bonds is 3. The maximum absolute atomic E-state index is 13.3. The zero-order valence-corrected chi connectivity index (χ0v) is 18.2. The van der Waals surface area contributed by atoms with Crippen molar-refractivity contribution in [2.45, 2.75) is 25.6 Å². The lowest BCUT2D eigenvalue weighted by Gasteiger charge is -2.18. The van der Waals surface area contributed by atoms with Crippen LogP contribution in [0.5, 0.6) is 0 Å². The van der Waals surface area contributed by atoms with E-state index in [0.717, 1.165) is 17.4 Å². The van der Waals surface area contributed by atoms with Crippen molar-refractivity contribution in [2.24, 2.45) is 5.73 Å². The van der Waals surface area contributed by atoms with Crippen molar-refractivity contribution in [3.8, 4) is 16.9 Å². The van der Waals surface area contributed by atoms with Gasteiger partial charge in [0, 0.05) is 11.8 Å². The molecule has 172 valence electrons. The Morgan fingerprint density at radius 1 is 0.882 bits per heavy atom. The zero-order valence-electron chi connectivity index (χ0n) is 18.2. The Morgan fingerprint density at radius 2 is 1.68 bits per heavy atom. The molecular formula is C23H19F3N8. The average Bonchev–Trinajstić information content (AvgIpc) is 3.22. The molecule has 0 aliphatic heterocycles. The van der Waals surface area contributed by atoms with Crippen LogP contribution < -0.4 is 11.5 Å². The number of nitrogens with zero attached hydrogens (tertiary/aromatic N) is 6. The average molecular weight is 464 g/mol. The van der Waals surface area contributed by atoms with Crippen LogP contribution in [-0.2, 0) is 11.7 Å². The van der Waals surface area contributed by atoms with Gasteiger partial charge < -0.3 is 11.5 Å². The number of aromatic nitrogens is 6. The normalized spacial score (nSPS) is 12.5. The molecule has 0 saturated carbocycles. The largest absolute Gasteiger partial charge is 0.419 e. The minimum atomic E-state index is -4.63. The van der Waals surface area contributed by atoms with E-state index in [4.69, 9.17) is 11.5 Å². The molecule has 4 N–H and O–H groups in total. The standard InChI is InChI=1S/C23H19F3N8/c1-22(2,28)18-6-3-13(9-30-18)34-11-32-17-10-29-16-5-4-15(33-19(16)20(17)34)12-7-14(23(24,25)26)21(27)31-8-12/h3-11H,28H2,1-2H3,(H2,27,31). The van der Waals surface area contributed by atoms with E-state index >= 15 is 0 Å². The van der Waals surface area contributed by atoms with Crippen molar-refractivity contribution < 1.29 is 13.2 Å². The number of pyridine rings is 4. The summed E-state index contributed by atoms with van der Waals surface area (Å²) in [4.78, 5) is 21.6. The highest BCUT2D eigenvalue weighted by molar-refractivity contribution is 6.01. The number of nitrogen functional groups attached to an aromatic ring is 1. The van der Waals surface area contributed by atoms with Gasteiger partial charge in [-0.05, 0) is 44.2 Å². The fraction of sp³-hybridized carbons (Fsp3) is 0.174. The molecule has 0 spiro atoms. The van der Waals surface area contributed by atoms with Gasteiger partial charge in [-0.1, -0.05) is 0 Å². The number of anilines is 1. The van der Waals surface area contributed by atoms with Crippen LogP contribution in [0.1, 0.15) is 25.1 Å². The number of hydrogen-bond acceptors (Lipinski definition) is 7. The van der Waals surface area contributed by atoms with E-state index in [1.54, 1.807) is 35.4 Å². The summed E-state index contributed by atoms with van der Waals surface area (Å²) in [6.45, 7) is 3.73. The molecule has 34 heavy (non-hydrogen) atoms. The van der Waals surface area contributed by atoms with Gasteiger partial charge in [0.2, 0.25) is 0 Å². The van der Waals surface area contributed by atoms with Crippen LogP contribution in [-0.4, -0.2) is 29.5 Å². The molecule has 0 aliphatic carbocycles. The summed E-state index contributed by atoms with van der Waals surface area (Å²) in [5.74, 6) is -0.587. The maximum atomic E-state index is 13.3. The van der Waals surface area contributed by atoms with Gasteiger partial charge in [0.25, 0.3) is 0 Å². The van der Waals surface area contributed by atoms with Crippen molar-refractivity contribution in [1.29, 1.82) is 0 Å². The molecule has 8 nitrogen and oxygen atoms in total. The SMILES string of the molecule is CC(C)(N)c1ccc(-n2cnc3cnc4ccc(-c5cnc(N)c(C(F)(F)F)c5)nc4c32)cn1. The van der Waals surface area contributed by atoms with Crippen LogP contribution in [0.15, 0.2) is 55.2 Å². The second-order valence-electron chi connectivity index (χ2n) is 8.45. The van der Waals surface area contributed by atoms with Crippen LogP contribution in [0.4, 0.5) is 19.0 Å². The highest BCUT2D eigenvalue weighted by Crippen LogP contribution is 2.35. The Balaban J connectivity index is 1.69. The number of nitrogens with two attached hydrogens (primary N) is 2. The van der Waals surface area contributed by atoms with Crippen molar-refractivity contribution in [3.63, 3.8) is 0 Å². The molecule has 5 aromatic rings. The molecule has 5 rings (SSSR count). The van der Waals surface area contributed by atoms with Crippen molar-refractivity contribution >= 4 is 27.9 Å². The molecule has 0 bridgehead atoms. The van der Waals surface area contributed by atoms with E-state index in [9.17, 15) is 13.2 Å². The van der Waals surface area contributed by atoms with Gasteiger partial charge in [0.15, 0.2) is 0 Å². The summed E-state index contributed by atoms with van der Waals surface area (Å²) in [5.41, 5.74) is 14.1. The van der Waals surface area contributed by atoms with Gasteiger partial charge in [-0.15, -0.1) is 0 Å². The molecule has 0 amide bonds. The minimum absolute atomic E-state index is 0.183. The Bertz CT molecular complexity index is 1530.